The van der Waals surface area contributed by atoms with Crippen molar-refractivity contribution in [2.45, 2.75) is 33.1 Å². The van der Waals surface area contributed by atoms with E-state index in [-0.39, 0.29) is 40.8 Å². The number of nitrogens with zero attached hydrogens (tertiary/aromatic N) is 1. The molecule has 1 unspecified atom stereocenters. The number of carbonyl (C=O) groups excluding carboxylic acids is 1. The van der Waals surface area contributed by atoms with Crippen molar-refractivity contribution in [3.05, 3.63) is 58.5 Å². The van der Waals surface area contributed by atoms with Gasteiger partial charge in [0.05, 0.1) is 12.8 Å². The minimum absolute atomic E-state index is 0.00244. The molecule has 2 aromatic rings. The second-order valence-electron chi connectivity index (χ2n) is 9.96. The summed E-state index contributed by atoms with van der Waals surface area (Å²) >= 11 is 0. The number of carbonyl (C=O) groups is 1. The molecule has 1 aliphatic rings. The first-order valence-electron chi connectivity index (χ1n) is 11.7. The minimum atomic E-state index is -3.37. The van der Waals surface area contributed by atoms with Gasteiger partial charge in [0.15, 0.2) is 23.5 Å². The maximum absolute atomic E-state index is 13.4. The van der Waals surface area contributed by atoms with Crippen LogP contribution in [0.5, 0.6) is 5.75 Å². The van der Waals surface area contributed by atoms with Crippen LogP contribution >= 0.6 is 0 Å². The van der Waals surface area contributed by atoms with Crippen LogP contribution in [0.1, 0.15) is 42.3 Å². The molecule has 0 bridgehead atoms. The van der Waals surface area contributed by atoms with Gasteiger partial charge in [0.2, 0.25) is 5.84 Å². The molecule has 38 heavy (non-hydrogen) atoms. The normalized spacial score (nSPS) is 16.5. The summed E-state index contributed by atoms with van der Waals surface area (Å²) in [6, 6.07) is 8.56. The maximum Gasteiger partial charge on any atom is 0.307 e. The lowest BCUT2D eigenvalue weighted by Gasteiger charge is -2.23. The van der Waals surface area contributed by atoms with Crippen molar-refractivity contribution in [3.63, 3.8) is 0 Å². The van der Waals surface area contributed by atoms with Crippen LogP contribution in [0.25, 0.3) is 0 Å². The van der Waals surface area contributed by atoms with Gasteiger partial charge in [-0.1, -0.05) is 26.8 Å². The SMILES string of the molecule is COCC(O)=C1N[NH2+]N(c2cc(C(=O)Nc3cc(C(C)(C)C)cc(N[S+](C)(=O)O)c3OC)ccc2C)C1=N. The maximum atomic E-state index is 13.4. The number of amides is 1. The lowest BCUT2D eigenvalue weighted by molar-refractivity contribution is -0.694. The molecule has 2 aromatic carbocycles. The third kappa shape index (κ3) is 6.42. The van der Waals surface area contributed by atoms with Gasteiger partial charge in [-0.05, 0) is 51.9 Å². The Kier molecular flexibility index (Phi) is 8.36. The van der Waals surface area contributed by atoms with E-state index in [0.717, 1.165) is 17.4 Å². The standard InChI is InChI=1S/C25H34N6O6S/c1-14-8-9-15(10-19(14)31-23(26)21(28-30-31)20(32)13-36-5)24(33)27-17-11-16(25(2,3)4)12-18(22(17)37-6)29-38(7,34)35/h8-12,28,30H,13H2,1-7H3,(H4-,26,27,29,32,33,34,35)/p+2. The van der Waals surface area contributed by atoms with Crippen LogP contribution in [0.15, 0.2) is 41.8 Å². The highest BCUT2D eigenvalue weighted by atomic mass is 32.3. The van der Waals surface area contributed by atoms with E-state index in [0.29, 0.717) is 16.9 Å². The molecule has 1 saturated heterocycles. The van der Waals surface area contributed by atoms with Crippen LogP contribution in [-0.4, -0.2) is 48.5 Å². The summed E-state index contributed by atoms with van der Waals surface area (Å²) in [5, 5.41) is 23.0. The first kappa shape index (κ1) is 28.9. The van der Waals surface area contributed by atoms with Gasteiger partial charge in [0.25, 0.3) is 5.91 Å². The monoisotopic (exact) mass is 548 g/mol. The number of aliphatic hydroxyl groups is 1. The number of aryl methyl sites for hydroxylation is 1. The van der Waals surface area contributed by atoms with E-state index >= 15 is 0 Å². The van der Waals surface area contributed by atoms with Crippen LogP contribution in [0.4, 0.5) is 17.1 Å². The van der Waals surface area contributed by atoms with E-state index in [9.17, 15) is 18.7 Å². The molecule has 1 atom stereocenters. The Balaban J connectivity index is 1.99. The predicted octanol–water partition coefficient (Wildman–Crippen LogP) is 2.68. The fourth-order valence-corrected chi connectivity index (χ4v) is 4.42. The number of methoxy groups -OCH3 is 2. The number of hydrogen-bond donors (Lipinski definition) is 7. The summed E-state index contributed by atoms with van der Waals surface area (Å²) in [5.74, 6) is -0.344. The molecule has 1 aliphatic heterocycles. The number of quaternary nitrogens is 1. The van der Waals surface area contributed by atoms with E-state index in [1.165, 1.54) is 24.8 Å². The Labute approximate surface area is 223 Å². The van der Waals surface area contributed by atoms with Crippen molar-refractivity contribution in [3.8, 4) is 5.75 Å². The highest BCUT2D eigenvalue weighted by Gasteiger charge is 2.32. The first-order valence-corrected chi connectivity index (χ1v) is 13.6. The van der Waals surface area contributed by atoms with E-state index in [1.54, 1.807) is 30.3 Å². The number of anilines is 3. The number of nitrogens with two attached hydrogens (primary N) is 1. The molecule has 0 aromatic heterocycles. The van der Waals surface area contributed by atoms with Crippen LogP contribution in [-0.2, 0) is 24.8 Å². The van der Waals surface area contributed by atoms with Crippen LogP contribution in [0, 0.1) is 12.3 Å². The molecule has 206 valence electrons. The zero-order chi connectivity index (χ0) is 28.4. The average Bonchev–Trinajstić information content (AvgIpc) is 3.18. The predicted molar refractivity (Wildman–Crippen MR) is 148 cm³/mol. The number of amidine groups is 1. The fourth-order valence-electron chi connectivity index (χ4n) is 3.86. The third-order valence-corrected chi connectivity index (χ3v) is 6.42. The highest BCUT2D eigenvalue weighted by Crippen LogP contribution is 2.39. The van der Waals surface area contributed by atoms with Gasteiger partial charge < -0.3 is 19.9 Å². The number of hydrogen-bond acceptors (Lipinski definition) is 7. The Morgan fingerprint density at radius 2 is 1.87 bits per heavy atom. The van der Waals surface area contributed by atoms with Gasteiger partial charge >= 0.3 is 10.4 Å². The number of aliphatic hydroxyl groups excluding tert-OH is 1. The quantitative estimate of drug-likeness (QED) is 0.150. The molecule has 1 heterocycles. The van der Waals surface area contributed by atoms with Gasteiger partial charge in [0.1, 0.15) is 18.0 Å². The van der Waals surface area contributed by atoms with Crippen molar-refractivity contribution in [1.82, 2.24) is 5.43 Å². The van der Waals surface area contributed by atoms with Crippen LogP contribution in [0.2, 0.25) is 0 Å². The molecular weight excluding hydrogens is 512 g/mol. The zero-order valence-electron chi connectivity index (χ0n) is 22.6. The Morgan fingerprint density at radius 1 is 1.21 bits per heavy atom. The van der Waals surface area contributed by atoms with Gasteiger partial charge in [0, 0.05) is 12.7 Å². The molecule has 0 saturated carbocycles. The van der Waals surface area contributed by atoms with E-state index in [4.69, 9.17) is 14.9 Å². The third-order valence-electron chi connectivity index (χ3n) is 5.82. The lowest BCUT2D eigenvalue weighted by atomic mass is 9.86. The second-order valence-corrected chi connectivity index (χ2v) is 11.8. The molecular formula is C25H36N6O6S+2. The van der Waals surface area contributed by atoms with Gasteiger partial charge in [-0.2, -0.15) is 14.3 Å². The van der Waals surface area contributed by atoms with Gasteiger partial charge in [-0.25, -0.2) is 5.43 Å². The molecule has 0 spiro atoms. The second kappa shape index (κ2) is 11.0. The van der Waals surface area contributed by atoms with E-state index in [1.807, 2.05) is 27.7 Å². The molecule has 1 amide bonds. The van der Waals surface area contributed by atoms with Crippen molar-refractivity contribution < 1.29 is 33.7 Å². The van der Waals surface area contributed by atoms with Crippen molar-refractivity contribution >= 4 is 39.2 Å². The zero-order valence-corrected chi connectivity index (χ0v) is 23.4. The van der Waals surface area contributed by atoms with E-state index < -0.39 is 16.3 Å². The smallest absolute Gasteiger partial charge is 0.307 e. The van der Waals surface area contributed by atoms with E-state index in [2.05, 4.69) is 15.5 Å². The van der Waals surface area contributed by atoms with Crippen molar-refractivity contribution in [2.24, 2.45) is 0 Å². The molecule has 13 heteroatoms. The molecule has 3 rings (SSSR count). The molecule has 1 fully saturated rings. The van der Waals surface area contributed by atoms with Crippen molar-refractivity contribution in [1.29, 1.82) is 5.41 Å². The van der Waals surface area contributed by atoms with Crippen LogP contribution in [0.3, 0.4) is 0 Å². The van der Waals surface area contributed by atoms with Crippen LogP contribution < -0.4 is 30.7 Å². The highest BCUT2D eigenvalue weighted by molar-refractivity contribution is 7.98. The van der Waals surface area contributed by atoms with Crippen molar-refractivity contribution in [2.75, 3.05) is 42.1 Å². The van der Waals surface area contributed by atoms with Gasteiger partial charge in [-0.15, -0.1) is 5.53 Å². The lowest BCUT2D eigenvalue weighted by Crippen LogP contribution is -2.97. The molecule has 0 aliphatic carbocycles. The number of ether oxygens (including phenoxy) is 2. The number of benzene rings is 2. The minimum Gasteiger partial charge on any atom is -0.507 e. The summed E-state index contributed by atoms with van der Waals surface area (Å²) in [4.78, 5) is 13.4. The summed E-state index contributed by atoms with van der Waals surface area (Å²) in [5.41, 5.74) is 7.37. The van der Waals surface area contributed by atoms with Gasteiger partial charge in [-0.3, -0.25) is 10.2 Å². The number of rotatable bonds is 8. The summed E-state index contributed by atoms with van der Waals surface area (Å²) in [6.07, 6.45) is 1.15. The molecule has 8 N–H and O–H groups in total. The Bertz CT molecular complexity index is 1330. The topological polar surface area (TPSA) is 173 Å². The summed E-state index contributed by atoms with van der Waals surface area (Å²) in [6.45, 7) is 7.76. The first-order chi connectivity index (χ1) is 17.7. The Morgan fingerprint density at radius 3 is 2.45 bits per heavy atom. The summed E-state index contributed by atoms with van der Waals surface area (Å²) < 4.78 is 35.1. The largest absolute Gasteiger partial charge is 0.507 e. The summed E-state index contributed by atoms with van der Waals surface area (Å²) in [7, 11) is -0.509. The number of nitrogens with one attached hydrogen (secondary N) is 4. The Hall–Kier alpha value is -3.65. The molecule has 12 nitrogen and oxygen atoms in total. The fraction of sp³-hybridized carbons (Fsp3) is 0.360. The molecule has 0 radical (unpaired) electrons. The average molecular weight is 549 g/mol.